The summed E-state index contributed by atoms with van der Waals surface area (Å²) in [6.07, 6.45) is 9.71. The van der Waals surface area contributed by atoms with Crippen molar-refractivity contribution in [2.45, 2.75) is 64.2 Å². The maximum absolute atomic E-state index is 12.3. The van der Waals surface area contributed by atoms with Crippen molar-refractivity contribution in [3.63, 3.8) is 0 Å². The zero-order valence-corrected chi connectivity index (χ0v) is 13.6. The topological polar surface area (TPSA) is 88.0 Å². The summed E-state index contributed by atoms with van der Waals surface area (Å²) in [4.78, 5) is 24.2. The summed E-state index contributed by atoms with van der Waals surface area (Å²) in [5.41, 5.74) is -0.0327. The summed E-state index contributed by atoms with van der Waals surface area (Å²) in [5, 5.41) is 15.2. The van der Waals surface area contributed by atoms with Crippen molar-refractivity contribution in [1.82, 2.24) is 5.32 Å². The van der Waals surface area contributed by atoms with E-state index in [1.807, 2.05) is 0 Å². The van der Waals surface area contributed by atoms with Gasteiger partial charge in [-0.05, 0) is 44.4 Å². The van der Waals surface area contributed by atoms with Crippen LogP contribution >= 0.6 is 0 Å². The third kappa shape index (κ3) is 3.85. The van der Waals surface area contributed by atoms with Gasteiger partial charge in [-0.1, -0.05) is 24.4 Å². The van der Waals surface area contributed by atoms with Gasteiger partial charge in [0.1, 0.15) is 0 Å². The molecule has 3 saturated carbocycles. The van der Waals surface area contributed by atoms with Gasteiger partial charge >= 0.3 is 5.97 Å². The summed E-state index contributed by atoms with van der Waals surface area (Å²) in [5.74, 6) is 0.273. The molecule has 0 heterocycles. The number of rotatable bonds is 7. The number of hydrogen-bond acceptors (Lipinski definition) is 5. The van der Waals surface area contributed by atoms with Crippen molar-refractivity contribution in [2.24, 2.45) is 22.4 Å². The van der Waals surface area contributed by atoms with Gasteiger partial charge in [-0.3, -0.25) is 9.59 Å². The molecular formula is C17H26N2O4. The van der Waals surface area contributed by atoms with E-state index in [-0.39, 0.29) is 24.5 Å². The molecule has 0 bridgehead atoms. The molecule has 128 valence electrons. The number of ether oxygens (including phenoxy) is 1. The number of oxime groups is 1. The molecule has 0 radical (unpaired) electrons. The van der Waals surface area contributed by atoms with Crippen LogP contribution in [-0.2, 0) is 14.3 Å². The molecule has 0 aromatic carbocycles. The van der Waals surface area contributed by atoms with E-state index in [2.05, 4.69) is 10.5 Å². The molecule has 3 aliphatic rings. The van der Waals surface area contributed by atoms with Crippen LogP contribution < -0.4 is 5.32 Å². The number of hydrogen-bond donors (Lipinski definition) is 2. The smallest absolute Gasteiger partial charge is 0.307 e. The molecule has 0 aromatic rings. The Kier molecular flexibility index (Phi) is 4.87. The summed E-state index contributed by atoms with van der Waals surface area (Å²) < 4.78 is 5.15. The van der Waals surface area contributed by atoms with Gasteiger partial charge in [-0.15, -0.1) is 0 Å². The van der Waals surface area contributed by atoms with Crippen LogP contribution in [0.5, 0.6) is 0 Å². The second kappa shape index (κ2) is 6.89. The van der Waals surface area contributed by atoms with Crippen molar-refractivity contribution in [3.8, 4) is 0 Å². The predicted octanol–water partition coefficient (Wildman–Crippen LogP) is 2.59. The Balaban J connectivity index is 1.40. The molecule has 6 nitrogen and oxygen atoms in total. The standard InChI is InChI=1S/C17H26N2O4/c20-14(10-12-4-2-1-3-5-12)23-11-18-16(21)17(8-9-17)15(19-22)13-6-7-13/h12-13,22H,1-11H2,(H,18,21)/b19-15+. The molecule has 6 heteroatoms. The Morgan fingerprint density at radius 3 is 2.39 bits per heavy atom. The van der Waals surface area contributed by atoms with Gasteiger partial charge in [0.05, 0.1) is 11.1 Å². The second-order valence-corrected chi connectivity index (χ2v) is 7.22. The van der Waals surface area contributed by atoms with Crippen LogP contribution in [0.1, 0.15) is 64.2 Å². The minimum absolute atomic E-state index is 0.0878. The van der Waals surface area contributed by atoms with E-state index in [0.717, 1.165) is 25.7 Å². The Bertz CT molecular complexity index is 489. The van der Waals surface area contributed by atoms with Crippen LogP contribution in [-0.4, -0.2) is 29.5 Å². The molecule has 3 fully saturated rings. The van der Waals surface area contributed by atoms with Gasteiger partial charge in [0, 0.05) is 12.3 Å². The Morgan fingerprint density at radius 2 is 1.83 bits per heavy atom. The fourth-order valence-electron chi connectivity index (χ4n) is 3.69. The first-order valence-corrected chi connectivity index (χ1v) is 8.82. The number of nitrogens with one attached hydrogen (secondary N) is 1. The number of nitrogens with zero attached hydrogens (tertiary/aromatic N) is 1. The highest BCUT2D eigenvalue weighted by Gasteiger charge is 2.58. The average molecular weight is 322 g/mol. The molecule has 0 unspecified atom stereocenters. The Morgan fingerprint density at radius 1 is 1.13 bits per heavy atom. The SMILES string of the molecule is O=C(CC1CCCCC1)OCNC(=O)C1(/C(=N/O)C2CC2)CC1. The molecule has 0 atom stereocenters. The van der Waals surface area contributed by atoms with Crippen molar-refractivity contribution < 1.29 is 19.5 Å². The van der Waals surface area contributed by atoms with Crippen molar-refractivity contribution >= 4 is 17.6 Å². The lowest BCUT2D eigenvalue weighted by Crippen LogP contribution is -2.39. The third-order valence-corrected chi connectivity index (χ3v) is 5.39. The largest absolute Gasteiger partial charge is 0.444 e. The molecular weight excluding hydrogens is 296 g/mol. The van der Waals surface area contributed by atoms with E-state index >= 15 is 0 Å². The first kappa shape index (κ1) is 16.3. The summed E-state index contributed by atoms with van der Waals surface area (Å²) in [6.45, 7) is -0.0878. The first-order valence-electron chi connectivity index (χ1n) is 8.82. The van der Waals surface area contributed by atoms with Crippen LogP contribution in [0, 0.1) is 17.3 Å². The third-order valence-electron chi connectivity index (χ3n) is 5.39. The van der Waals surface area contributed by atoms with Gasteiger partial charge in [0.2, 0.25) is 5.91 Å². The monoisotopic (exact) mass is 322 g/mol. The minimum Gasteiger partial charge on any atom is -0.444 e. The van der Waals surface area contributed by atoms with E-state index < -0.39 is 5.41 Å². The molecule has 2 N–H and O–H groups in total. The highest BCUT2D eigenvalue weighted by atomic mass is 16.5. The lowest BCUT2D eigenvalue weighted by molar-refractivity contribution is -0.146. The van der Waals surface area contributed by atoms with Gasteiger partial charge in [-0.25, -0.2) is 0 Å². The van der Waals surface area contributed by atoms with E-state index in [0.29, 0.717) is 30.9 Å². The molecule has 0 aliphatic heterocycles. The maximum atomic E-state index is 12.3. The van der Waals surface area contributed by atoms with Gasteiger partial charge in [-0.2, -0.15) is 0 Å². The molecule has 3 rings (SSSR count). The summed E-state index contributed by atoms with van der Waals surface area (Å²) in [7, 11) is 0. The van der Waals surface area contributed by atoms with Crippen molar-refractivity contribution in [3.05, 3.63) is 0 Å². The fourth-order valence-corrected chi connectivity index (χ4v) is 3.69. The lowest BCUT2D eigenvalue weighted by Gasteiger charge is -2.20. The molecule has 0 spiro atoms. The van der Waals surface area contributed by atoms with Crippen LogP contribution in [0.25, 0.3) is 0 Å². The van der Waals surface area contributed by atoms with Gasteiger partial charge in [0.25, 0.3) is 0 Å². The second-order valence-electron chi connectivity index (χ2n) is 7.22. The average Bonchev–Trinajstić information content (AvgIpc) is 3.44. The predicted molar refractivity (Wildman–Crippen MR) is 83.9 cm³/mol. The maximum Gasteiger partial charge on any atom is 0.307 e. The first-order chi connectivity index (χ1) is 11.2. The number of amides is 1. The molecule has 0 saturated heterocycles. The Labute approximate surface area is 136 Å². The van der Waals surface area contributed by atoms with E-state index in [4.69, 9.17) is 4.74 Å². The number of carbonyl (C=O) groups excluding carboxylic acids is 2. The van der Waals surface area contributed by atoms with E-state index in [1.165, 1.54) is 19.3 Å². The minimum atomic E-state index is -0.647. The molecule has 1 amide bonds. The quantitative estimate of drug-likeness (QED) is 0.248. The zero-order chi connectivity index (χ0) is 16.3. The van der Waals surface area contributed by atoms with E-state index in [1.54, 1.807) is 0 Å². The highest BCUT2D eigenvalue weighted by Crippen LogP contribution is 2.53. The zero-order valence-electron chi connectivity index (χ0n) is 13.6. The Hall–Kier alpha value is -1.59. The van der Waals surface area contributed by atoms with Crippen LogP contribution in [0.4, 0.5) is 0 Å². The summed E-state index contributed by atoms with van der Waals surface area (Å²) in [6, 6.07) is 0. The van der Waals surface area contributed by atoms with E-state index in [9.17, 15) is 14.8 Å². The van der Waals surface area contributed by atoms with Gasteiger partial charge in [0.15, 0.2) is 6.73 Å². The van der Waals surface area contributed by atoms with Crippen molar-refractivity contribution in [1.29, 1.82) is 0 Å². The van der Waals surface area contributed by atoms with Crippen molar-refractivity contribution in [2.75, 3.05) is 6.73 Å². The van der Waals surface area contributed by atoms with Gasteiger partial charge < -0.3 is 15.3 Å². The summed E-state index contributed by atoms with van der Waals surface area (Å²) >= 11 is 0. The fraction of sp³-hybridized carbons (Fsp3) is 0.824. The highest BCUT2D eigenvalue weighted by molar-refractivity contribution is 6.12. The normalized spacial score (nSPS) is 24.1. The molecule has 23 heavy (non-hydrogen) atoms. The van der Waals surface area contributed by atoms with Crippen LogP contribution in [0.3, 0.4) is 0 Å². The lowest BCUT2D eigenvalue weighted by atomic mass is 9.87. The molecule has 0 aromatic heterocycles. The number of esters is 1. The molecule has 3 aliphatic carbocycles. The van der Waals surface area contributed by atoms with Crippen LogP contribution in [0.15, 0.2) is 5.16 Å². The van der Waals surface area contributed by atoms with Crippen LogP contribution in [0.2, 0.25) is 0 Å². The number of carbonyl (C=O) groups is 2.